The maximum absolute atomic E-state index is 12.9. The van der Waals surface area contributed by atoms with Gasteiger partial charge in [0.1, 0.15) is 0 Å². The number of thioether (sulfide) groups is 1. The summed E-state index contributed by atoms with van der Waals surface area (Å²) >= 11 is 1.49. The van der Waals surface area contributed by atoms with Crippen LogP contribution in [0.1, 0.15) is 42.3 Å². The molecule has 0 bridgehead atoms. The summed E-state index contributed by atoms with van der Waals surface area (Å²) in [6, 6.07) is 7.90. The Morgan fingerprint density at radius 3 is 2.59 bits per heavy atom. The summed E-state index contributed by atoms with van der Waals surface area (Å²) in [6.45, 7) is 6.14. The van der Waals surface area contributed by atoms with E-state index in [0.29, 0.717) is 13.0 Å². The molecule has 1 aliphatic heterocycles. The van der Waals surface area contributed by atoms with Crippen molar-refractivity contribution < 1.29 is 14.3 Å². The molecule has 0 fully saturated rings. The second-order valence-corrected chi connectivity index (χ2v) is 7.99. The smallest absolute Gasteiger partial charge is 0.306 e. The quantitative estimate of drug-likeness (QED) is 0.409. The number of anilines is 1. The lowest BCUT2D eigenvalue weighted by atomic mass is 10.0. The van der Waals surface area contributed by atoms with Crippen molar-refractivity contribution in [2.24, 2.45) is 0 Å². The Kier molecular flexibility index (Phi) is 6.90. The lowest BCUT2D eigenvalue weighted by Gasteiger charge is -2.31. The number of hydrogen-bond donors (Lipinski definition) is 0. The Bertz CT molecular complexity index is 893. The first-order chi connectivity index (χ1) is 13.9. The first-order valence-electron chi connectivity index (χ1n) is 9.87. The number of para-hydroxylation sites is 1. The van der Waals surface area contributed by atoms with Gasteiger partial charge in [-0.2, -0.15) is 0 Å². The second-order valence-electron chi connectivity index (χ2n) is 7.21. The number of carbonyl (C=O) groups excluding carboxylic acids is 2. The Labute approximate surface area is 176 Å². The third-order valence-electron chi connectivity index (χ3n) is 5.19. The van der Waals surface area contributed by atoms with Crippen molar-refractivity contribution in [3.8, 4) is 0 Å². The minimum atomic E-state index is -0.814. The van der Waals surface area contributed by atoms with E-state index in [-0.39, 0.29) is 18.3 Å². The van der Waals surface area contributed by atoms with Crippen molar-refractivity contribution in [2.45, 2.75) is 57.7 Å². The average Bonchev–Trinajstić information content (AvgIpc) is 2.71. The molecule has 1 aromatic heterocycles. The number of hydrogen-bond acceptors (Lipinski definition) is 6. The van der Waals surface area contributed by atoms with Gasteiger partial charge in [0.25, 0.3) is 5.91 Å². The monoisotopic (exact) mass is 413 g/mol. The van der Waals surface area contributed by atoms with E-state index >= 15 is 0 Å². The Morgan fingerprint density at radius 2 is 1.90 bits per heavy atom. The van der Waals surface area contributed by atoms with Gasteiger partial charge in [-0.15, -0.1) is 0 Å². The van der Waals surface area contributed by atoms with Crippen molar-refractivity contribution >= 4 is 29.3 Å². The number of rotatable bonds is 6. The van der Waals surface area contributed by atoms with E-state index < -0.39 is 6.10 Å². The highest BCUT2D eigenvalue weighted by atomic mass is 32.2. The summed E-state index contributed by atoms with van der Waals surface area (Å²) in [5, 5.41) is 0.729. The number of amides is 1. The van der Waals surface area contributed by atoms with Crippen molar-refractivity contribution in [2.75, 3.05) is 17.7 Å². The van der Waals surface area contributed by atoms with Gasteiger partial charge >= 0.3 is 5.97 Å². The minimum absolute atomic E-state index is 0.175. The summed E-state index contributed by atoms with van der Waals surface area (Å²) in [6.07, 6.45) is 3.69. The summed E-state index contributed by atoms with van der Waals surface area (Å²) in [7, 11) is 0. The fourth-order valence-electron chi connectivity index (χ4n) is 3.68. The van der Waals surface area contributed by atoms with Crippen LogP contribution in [0.3, 0.4) is 0 Å². The zero-order chi connectivity index (χ0) is 21.0. The van der Waals surface area contributed by atoms with Crippen molar-refractivity contribution in [1.82, 2.24) is 9.97 Å². The summed E-state index contributed by atoms with van der Waals surface area (Å²) in [4.78, 5) is 35.9. The number of aryl methyl sites for hydroxylation is 3. The molecule has 1 amide bonds. The number of aromatic nitrogens is 2. The molecular weight excluding hydrogens is 386 g/mol. The highest BCUT2D eigenvalue weighted by molar-refractivity contribution is 7.98. The molecule has 0 spiro atoms. The summed E-state index contributed by atoms with van der Waals surface area (Å²) < 4.78 is 5.45. The van der Waals surface area contributed by atoms with Crippen molar-refractivity contribution in [3.63, 3.8) is 0 Å². The van der Waals surface area contributed by atoms with Gasteiger partial charge in [-0.25, -0.2) is 9.97 Å². The fourth-order valence-corrected chi connectivity index (χ4v) is 4.13. The zero-order valence-corrected chi connectivity index (χ0v) is 18.2. The summed E-state index contributed by atoms with van der Waals surface area (Å²) in [5.41, 5.74) is 4.80. The van der Waals surface area contributed by atoms with Crippen LogP contribution < -0.4 is 4.90 Å². The molecule has 2 aromatic rings. The largest absolute Gasteiger partial charge is 0.453 e. The Balaban J connectivity index is 1.59. The highest BCUT2D eigenvalue weighted by Gasteiger charge is 2.28. The lowest BCUT2D eigenvalue weighted by molar-refractivity contribution is -0.153. The number of nitrogens with zero attached hydrogens (tertiary/aromatic N) is 3. The number of benzene rings is 1. The van der Waals surface area contributed by atoms with Crippen molar-refractivity contribution in [3.05, 3.63) is 46.8 Å². The van der Waals surface area contributed by atoms with E-state index in [1.54, 1.807) is 11.8 Å². The molecule has 0 unspecified atom stereocenters. The van der Waals surface area contributed by atoms with Crippen LogP contribution in [0.15, 0.2) is 29.4 Å². The van der Waals surface area contributed by atoms with Crippen LogP contribution in [-0.4, -0.2) is 40.7 Å². The van der Waals surface area contributed by atoms with E-state index in [4.69, 9.17) is 4.74 Å². The van der Waals surface area contributed by atoms with Gasteiger partial charge in [-0.1, -0.05) is 30.0 Å². The topological polar surface area (TPSA) is 72.4 Å². The number of carbonyl (C=O) groups is 2. The molecule has 1 aliphatic rings. The Morgan fingerprint density at radius 1 is 1.21 bits per heavy atom. The molecule has 2 heterocycles. The molecule has 0 N–H and O–H groups in total. The van der Waals surface area contributed by atoms with E-state index in [1.165, 1.54) is 11.8 Å². The van der Waals surface area contributed by atoms with Gasteiger partial charge in [0.15, 0.2) is 11.3 Å². The van der Waals surface area contributed by atoms with Gasteiger partial charge in [0.05, 0.1) is 0 Å². The molecular formula is C22H27N3O3S. The van der Waals surface area contributed by atoms with Crippen LogP contribution >= 0.6 is 11.8 Å². The maximum Gasteiger partial charge on any atom is 0.306 e. The molecule has 0 radical (unpaired) electrons. The fraction of sp³-hybridized carbons (Fsp3) is 0.455. The lowest BCUT2D eigenvalue weighted by Crippen LogP contribution is -2.42. The maximum atomic E-state index is 12.9. The number of fused-ring (bicyclic) bond motifs is 1. The summed E-state index contributed by atoms with van der Waals surface area (Å²) in [5.74, 6) is -0.561. The second kappa shape index (κ2) is 9.39. The third-order valence-corrected chi connectivity index (χ3v) is 5.74. The number of ether oxygens (including phenoxy) is 1. The van der Waals surface area contributed by atoms with Crippen LogP contribution in [0.4, 0.5) is 5.69 Å². The predicted octanol–water partition coefficient (Wildman–Crippen LogP) is 3.66. The molecule has 0 aliphatic carbocycles. The van der Waals surface area contributed by atoms with Crippen LogP contribution in [0.2, 0.25) is 0 Å². The van der Waals surface area contributed by atoms with E-state index in [0.717, 1.165) is 46.2 Å². The van der Waals surface area contributed by atoms with Gasteiger partial charge < -0.3 is 9.64 Å². The molecule has 7 heteroatoms. The molecule has 0 saturated carbocycles. The normalized spacial score (nSPS) is 14.3. The van der Waals surface area contributed by atoms with Gasteiger partial charge in [0.2, 0.25) is 0 Å². The molecule has 3 rings (SSSR count). The van der Waals surface area contributed by atoms with Gasteiger partial charge in [-0.3, -0.25) is 9.59 Å². The SMILES string of the molecule is CSc1nc(C)c(CCC(=O)O[C@H](C)C(=O)N2CCCc3ccccc32)c(C)n1. The van der Waals surface area contributed by atoms with E-state index in [1.807, 2.05) is 44.4 Å². The predicted molar refractivity (Wildman–Crippen MR) is 114 cm³/mol. The van der Waals surface area contributed by atoms with Crippen LogP contribution in [0.5, 0.6) is 0 Å². The molecule has 29 heavy (non-hydrogen) atoms. The van der Waals surface area contributed by atoms with E-state index in [9.17, 15) is 9.59 Å². The Hall–Kier alpha value is -2.41. The van der Waals surface area contributed by atoms with Gasteiger partial charge in [0, 0.05) is 30.0 Å². The minimum Gasteiger partial charge on any atom is -0.453 e. The third kappa shape index (κ3) is 4.96. The van der Waals surface area contributed by atoms with Crippen LogP contribution in [-0.2, 0) is 27.2 Å². The molecule has 154 valence electrons. The molecule has 0 saturated heterocycles. The zero-order valence-electron chi connectivity index (χ0n) is 17.4. The average molecular weight is 414 g/mol. The van der Waals surface area contributed by atoms with E-state index in [2.05, 4.69) is 9.97 Å². The van der Waals surface area contributed by atoms with Crippen LogP contribution in [0, 0.1) is 13.8 Å². The molecule has 1 aromatic carbocycles. The van der Waals surface area contributed by atoms with Gasteiger partial charge in [-0.05, 0) is 63.5 Å². The molecule has 6 nitrogen and oxygen atoms in total. The highest BCUT2D eigenvalue weighted by Crippen LogP contribution is 2.27. The number of esters is 1. The first-order valence-corrected chi connectivity index (χ1v) is 11.1. The first kappa shape index (κ1) is 21.3. The molecule has 1 atom stereocenters. The standard InChI is InChI=1S/C22H27N3O3S/c1-14-18(15(2)24-22(23-14)29-4)11-12-20(26)28-16(3)21(27)25-13-7-9-17-8-5-6-10-19(17)25/h5-6,8,10,16H,7,9,11-13H2,1-4H3/t16-/m1/s1. The van der Waals surface area contributed by atoms with Crippen LogP contribution in [0.25, 0.3) is 0 Å². The van der Waals surface area contributed by atoms with Crippen molar-refractivity contribution in [1.29, 1.82) is 0 Å².